The van der Waals surface area contributed by atoms with Crippen molar-refractivity contribution in [3.8, 4) is 0 Å². The van der Waals surface area contributed by atoms with Crippen LogP contribution in [0.15, 0.2) is 30.3 Å². The van der Waals surface area contributed by atoms with Crippen LogP contribution in [-0.4, -0.2) is 73.5 Å². The van der Waals surface area contributed by atoms with Gasteiger partial charge in [0.1, 0.15) is 0 Å². The smallest absolute Gasteiger partial charge is 0.390 e. The van der Waals surface area contributed by atoms with E-state index >= 15 is 0 Å². The molecule has 1 saturated heterocycles. The molecule has 0 aromatic heterocycles. The van der Waals surface area contributed by atoms with Gasteiger partial charge in [-0.05, 0) is 55.9 Å². The van der Waals surface area contributed by atoms with Crippen molar-refractivity contribution in [2.45, 2.75) is 50.9 Å². The number of hydrogen-bond donors (Lipinski definition) is 4. The van der Waals surface area contributed by atoms with E-state index in [4.69, 9.17) is 11.6 Å². The summed E-state index contributed by atoms with van der Waals surface area (Å²) in [6, 6.07) is 6.41. The lowest BCUT2D eigenvalue weighted by Gasteiger charge is -2.37. The Morgan fingerprint density at radius 3 is 2.33 bits per heavy atom. The summed E-state index contributed by atoms with van der Waals surface area (Å²) in [6.07, 6.45) is -2.10. The number of nitrogens with zero attached hydrogens (tertiary/aromatic N) is 2. The second kappa shape index (κ2) is 14.5. The van der Waals surface area contributed by atoms with Gasteiger partial charge < -0.3 is 26.0 Å². The van der Waals surface area contributed by atoms with Gasteiger partial charge in [0, 0.05) is 62.5 Å². The SMILES string of the molecule is O=C(NCc1ccc(C(=O)Nc2ccc(Cl)cc2N2CCN(CCC(F)(F)F)CC2)c(F)c1F)NC1CCC(CO)CC1. The van der Waals surface area contributed by atoms with Crippen molar-refractivity contribution in [3.05, 3.63) is 58.1 Å². The van der Waals surface area contributed by atoms with Gasteiger partial charge >= 0.3 is 12.2 Å². The standard InChI is InChI=1S/C29H35ClF5N5O3/c30-20-4-8-23(24(15-20)40-13-11-39(12-14-40)10-9-29(33,34)35)38-27(42)22-7-3-19(25(31)26(22)32)16-36-28(43)37-21-5-1-18(17-41)2-6-21/h3-4,7-8,15,18,21,41H,1-2,5-6,9-14,16-17H2,(H,38,42)(H2,36,37,43). The molecule has 43 heavy (non-hydrogen) atoms. The largest absolute Gasteiger partial charge is 0.396 e. The minimum Gasteiger partial charge on any atom is -0.396 e. The van der Waals surface area contributed by atoms with Crippen molar-refractivity contribution in [2.24, 2.45) is 5.92 Å². The molecular formula is C29H35ClF5N5O3. The average molecular weight is 632 g/mol. The van der Waals surface area contributed by atoms with Crippen molar-refractivity contribution in [1.82, 2.24) is 15.5 Å². The maximum absolute atomic E-state index is 15.0. The molecule has 236 valence electrons. The zero-order valence-corrected chi connectivity index (χ0v) is 24.2. The third-order valence-corrected chi connectivity index (χ3v) is 8.15. The van der Waals surface area contributed by atoms with Crippen LogP contribution in [0.5, 0.6) is 0 Å². The van der Waals surface area contributed by atoms with Crippen LogP contribution in [0.1, 0.15) is 48.0 Å². The van der Waals surface area contributed by atoms with Crippen molar-refractivity contribution >= 4 is 34.9 Å². The number of carbonyl (C=O) groups excluding carboxylic acids is 2. The number of benzene rings is 2. The summed E-state index contributed by atoms with van der Waals surface area (Å²) < 4.78 is 67.7. The molecule has 1 aliphatic heterocycles. The number of nitrogens with one attached hydrogen (secondary N) is 3. The Bertz CT molecular complexity index is 1280. The molecule has 0 spiro atoms. The Morgan fingerprint density at radius 2 is 1.67 bits per heavy atom. The Hall–Kier alpha value is -3.16. The summed E-state index contributed by atoms with van der Waals surface area (Å²) in [4.78, 5) is 28.8. The van der Waals surface area contributed by atoms with E-state index < -0.39 is 41.7 Å². The highest BCUT2D eigenvalue weighted by Gasteiger charge is 2.29. The van der Waals surface area contributed by atoms with Crippen LogP contribution >= 0.6 is 11.6 Å². The predicted octanol–water partition coefficient (Wildman–Crippen LogP) is 5.30. The molecule has 4 N–H and O–H groups in total. The zero-order chi connectivity index (χ0) is 31.1. The first kappa shape index (κ1) is 32.7. The second-order valence-electron chi connectivity index (χ2n) is 10.9. The molecule has 2 aromatic rings. The van der Waals surface area contributed by atoms with E-state index in [0.29, 0.717) is 36.9 Å². The minimum atomic E-state index is -4.24. The van der Waals surface area contributed by atoms with Gasteiger partial charge in [-0.3, -0.25) is 9.69 Å². The molecule has 1 aliphatic carbocycles. The molecule has 0 unspecified atom stereocenters. The molecule has 3 amide bonds. The first-order chi connectivity index (χ1) is 20.4. The highest BCUT2D eigenvalue weighted by atomic mass is 35.5. The number of urea groups is 1. The van der Waals surface area contributed by atoms with E-state index in [1.807, 2.05) is 4.90 Å². The number of halogens is 6. The van der Waals surface area contributed by atoms with Crippen LogP contribution in [-0.2, 0) is 6.54 Å². The maximum Gasteiger partial charge on any atom is 0.390 e. The number of aliphatic hydroxyl groups excluding tert-OH is 1. The topological polar surface area (TPSA) is 96.9 Å². The highest BCUT2D eigenvalue weighted by Crippen LogP contribution is 2.31. The molecule has 2 aromatic carbocycles. The van der Waals surface area contributed by atoms with E-state index in [1.54, 1.807) is 11.0 Å². The Morgan fingerprint density at radius 1 is 0.977 bits per heavy atom. The second-order valence-corrected chi connectivity index (χ2v) is 11.4. The lowest BCUT2D eigenvalue weighted by molar-refractivity contribution is -0.138. The summed E-state index contributed by atoms with van der Waals surface area (Å²) >= 11 is 6.17. The van der Waals surface area contributed by atoms with Gasteiger partial charge in [-0.1, -0.05) is 17.7 Å². The predicted molar refractivity (Wildman–Crippen MR) is 153 cm³/mol. The van der Waals surface area contributed by atoms with Crippen LogP contribution < -0.4 is 20.9 Å². The summed E-state index contributed by atoms with van der Waals surface area (Å²) in [5.74, 6) is -3.30. The summed E-state index contributed by atoms with van der Waals surface area (Å²) in [5.41, 5.74) is 0.121. The third kappa shape index (κ3) is 9.16. The molecule has 14 heteroatoms. The van der Waals surface area contributed by atoms with Gasteiger partial charge in [0.05, 0.1) is 23.4 Å². The molecule has 0 atom stereocenters. The van der Waals surface area contributed by atoms with Gasteiger partial charge in [-0.25, -0.2) is 13.6 Å². The van der Waals surface area contributed by atoms with E-state index in [1.165, 1.54) is 18.2 Å². The van der Waals surface area contributed by atoms with Crippen LogP contribution in [0.4, 0.5) is 38.1 Å². The first-order valence-corrected chi connectivity index (χ1v) is 14.6. The monoisotopic (exact) mass is 631 g/mol. The molecule has 1 saturated carbocycles. The molecule has 0 bridgehead atoms. The molecule has 2 fully saturated rings. The van der Waals surface area contributed by atoms with Gasteiger partial charge in [-0.15, -0.1) is 0 Å². The van der Waals surface area contributed by atoms with E-state index in [0.717, 1.165) is 31.7 Å². The summed E-state index contributed by atoms with van der Waals surface area (Å²) in [7, 11) is 0. The van der Waals surface area contributed by atoms with Crippen molar-refractivity contribution in [2.75, 3.05) is 49.5 Å². The molecule has 1 heterocycles. The van der Waals surface area contributed by atoms with Crippen LogP contribution in [0.25, 0.3) is 0 Å². The molecule has 0 radical (unpaired) electrons. The van der Waals surface area contributed by atoms with Crippen molar-refractivity contribution in [3.63, 3.8) is 0 Å². The first-order valence-electron chi connectivity index (χ1n) is 14.2. The van der Waals surface area contributed by atoms with Crippen LogP contribution in [0, 0.1) is 17.6 Å². The number of amides is 3. The zero-order valence-electron chi connectivity index (χ0n) is 23.5. The third-order valence-electron chi connectivity index (χ3n) is 7.92. The number of carbonyl (C=O) groups is 2. The fraction of sp³-hybridized carbons (Fsp3) is 0.517. The molecule has 8 nitrogen and oxygen atoms in total. The Balaban J connectivity index is 1.35. The lowest BCUT2D eigenvalue weighted by Crippen LogP contribution is -2.47. The maximum atomic E-state index is 15.0. The summed E-state index contributed by atoms with van der Waals surface area (Å²) in [5, 5.41) is 17.5. The molecular weight excluding hydrogens is 597 g/mol. The van der Waals surface area contributed by atoms with Crippen LogP contribution in [0.3, 0.4) is 0 Å². The number of anilines is 2. The van der Waals surface area contributed by atoms with E-state index in [2.05, 4.69) is 16.0 Å². The molecule has 4 rings (SSSR count). The van der Waals surface area contributed by atoms with Gasteiger partial charge in [-0.2, -0.15) is 13.2 Å². The van der Waals surface area contributed by atoms with E-state index in [9.17, 15) is 36.6 Å². The van der Waals surface area contributed by atoms with Gasteiger partial charge in [0.25, 0.3) is 5.91 Å². The fourth-order valence-electron chi connectivity index (χ4n) is 5.36. The van der Waals surface area contributed by atoms with E-state index in [-0.39, 0.29) is 42.9 Å². The quantitative estimate of drug-likeness (QED) is 0.282. The number of aliphatic hydroxyl groups is 1. The Labute approximate surface area is 251 Å². The van der Waals surface area contributed by atoms with Gasteiger partial charge in [0.2, 0.25) is 0 Å². The number of alkyl halides is 3. The number of rotatable bonds is 9. The normalized spacial score (nSPS) is 19.7. The lowest BCUT2D eigenvalue weighted by atomic mass is 9.87. The number of piperazine rings is 1. The van der Waals surface area contributed by atoms with Crippen LogP contribution in [0.2, 0.25) is 5.02 Å². The van der Waals surface area contributed by atoms with Crippen molar-refractivity contribution in [1.29, 1.82) is 0 Å². The highest BCUT2D eigenvalue weighted by molar-refractivity contribution is 6.31. The van der Waals surface area contributed by atoms with Crippen molar-refractivity contribution < 1.29 is 36.6 Å². The minimum absolute atomic E-state index is 0.0635. The average Bonchev–Trinajstić information content (AvgIpc) is 2.98. The fourth-order valence-corrected chi connectivity index (χ4v) is 5.53. The number of hydrogen-bond acceptors (Lipinski definition) is 5. The summed E-state index contributed by atoms with van der Waals surface area (Å²) in [6.45, 7) is 1.21. The van der Waals surface area contributed by atoms with Gasteiger partial charge in [0.15, 0.2) is 11.6 Å². The molecule has 2 aliphatic rings. The Kier molecular flexibility index (Phi) is 11.1.